The topological polar surface area (TPSA) is 79.9 Å². The minimum Gasteiger partial charge on any atom is -0.508 e. The fraction of sp³-hybridized carbons (Fsp3) is 0.0500. The zero-order valence-electron chi connectivity index (χ0n) is 14.0. The number of nitrogens with two attached hydrogens (primary N) is 1. The van der Waals surface area contributed by atoms with Crippen LogP contribution in [0.5, 0.6) is 17.2 Å². The molecule has 0 radical (unpaired) electrons. The van der Waals surface area contributed by atoms with Gasteiger partial charge in [-0.2, -0.15) is 0 Å². The number of phenols is 1. The van der Waals surface area contributed by atoms with Crippen LogP contribution in [0.4, 0.5) is 5.69 Å². The van der Waals surface area contributed by atoms with Crippen molar-refractivity contribution in [2.45, 2.75) is 6.54 Å². The molecule has 0 spiro atoms. The van der Waals surface area contributed by atoms with Gasteiger partial charge in [0.1, 0.15) is 17.2 Å². The Hall–Kier alpha value is -2.74. The van der Waals surface area contributed by atoms with Gasteiger partial charge in [0.15, 0.2) is 5.96 Å². The number of nitrogens with zero attached hydrogens (tertiary/aromatic N) is 1. The van der Waals surface area contributed by atoms with Gasteiger partial charge < -0.3 is 20.9 Å². The van der Waals surface area contributed by atoms with Crippen molar-refractivity contribution in [2.75, 3.05) is 5.32 Å². The van der Waals surface area contributed by atoms with Crippen molar-refractivity contribution < 1.29 is 9.84 Å². The first-order valence-corrected chi connectivity index (χ1v) is 7.87. The average Bonchev–Trinajstić information content (AvgIpc) is 2.61. The molecule has 0 atom stereocenters. The second-order valence-electron chi connectivity index (χ2n) is 5.44. The Kier molecular flexibility index (Phi) is 7.28. The summed E-state index contributed by atoms with van der Waals surface area (Å²) in [5.41, 5.74) is 7.59. The highest BCUT2D eigenvalue weighted by molar-refractivity contribution is 14.0. The van der Waals surface area contributed by atoms with E-state index < -0.39 is 0 Å². The molecule has 0 saturated heterocycles. The maximum Gasteiger partial charge on any atom is 0.193 e. The number of benzene rings is 3. The average molecular weight is 461 g/mol. The number of anilines is 1. The zero-order valence-corrected chi connectivity index (χ0v) is 16.3. The lowest BCUT2D eigenvalue weighted by molar-refractivity contribution is 0.474. The summed E-state index contributed by atoms with van der Waals surface area (Å²) in [7, 11) is 0. The molecule has 3 rings (SSSR count). The van der Waals surface area contributed by atoms with Gasteiger partial charge >= 0.3 is 0 Å². The number of aromatic hydroxyl groups is 1. The maximum absolute atomic E-state index is 9.46. The number of aliphatic imine (C=N–C) groups is 1. The Balaban J connectivity index is 0.00000243. The first-order chi connectivity index (χ1) is 12.2. The van der Waals surface area contributed by atoms with E-state index in [1.165, 1.54) is 0 Å². The van der Waals surface area contributed by atoms with Gasteiger partial charge in [-0.1, -0.05) is 36.4 Å². The molecule has 0 aliphatic carbocycles. The van der Waals surface area contributed by atoms with Gasteiger partial charge in [-0.25, -0.2) is 4.99 Å². The molecule has 0 aliphatic rings. The number of hydrogen-bond donors (Lipinski definition) is 3. The molecule has 5 nitrogen and oxygen atoms in total. The highest BCUT2D eigenvalue weighted by atomic mass is 127. The number of guanidine groups is 1. The second-order valence-corrected chi connectivity index (χ2v) is 5.44. The number of para-hydroxylation sites is 1. The van der Waals surface area contributed by atoms with E-state index in [-0.39, 0.29) is 29.7 Å². The lowest BCUT2D eigenvalue weighted by Crippen LogP contribution is -2.22. The van der Waals surface area contributed by atoms with Gasteiger partial charge in [-0.3, -0.25) is 0 Å². The van der Waals surface area contributed by atoms with Crippen molar-refractivity contribution in [1.82, 2.24) is 0 Å². The van der Waals surface area contributed by atoms with Gasteiger partial charge in [-0.15, -0.1) is 24.0 Å². The van der Waals surface area contributed by atoms with Crippen LogP contribution in [0.2, 0.25) is 0 Å². The van der Waals surface area contributed by atoms with E-state index in [4.69, 9.17) is 10.5 Å². The second kappa shape index (κ2) is 9.67. The van der Waals surface area contributed by atoms with Crippen molar-refractivity contribution in [3.63, 3.8) is 0 Å². The summed E-state index contributed by atoms with van der Waals surface area (Å²) in [6.45, 7) is 0.382. The third kappa shape index (κ3) is 5.96. The van der Waals surface area contributed by atoms with Crippen molar-refractivity contribution >= 4 is 35.6 Å². The number of hydrogen-bond acceptors (Lipinski definition) is 3. The van der Waals surface area contributed by atoms with Crippen LogP contribution in [0.15, 0.2) is 83.9 Å². The first-order valence-electron chi connectivity index (χ1n) is 7.87. The summed E-state index contributed by atoms with van der Waals surface area (Å²) in [4.78, 5) is 4.28. The SMILES string of the molecule is I.NC(=NCc1cccc(O)c1)Nc1cccc(Oc2ccccc2)c1. The van der Waals surface area contributed by atoms with E-state index in [2.05, 4.69) is 10.3 Å². The highest BCUT2D eigenvalue weighted by Crippen LogP contribution is 2.23. The van der Waals surface area contributed by atoms with Crippen LogP contribution in [0.1, 0.15) is 5.56 Å². The van der Waals surface area contributed by atoms with Crippen LogP contribution in [-0.4, -0.2) is 11.1 Å². The summed E-state index contributed by atoms with van der Waals surface area (Å²) < 4.78 is 5.79. The third-order valence-electron chi connectivity index (χ3n) is 3.43. The molecule has 4 N–H and O–H groups in total. The quantitative estimate of drug-likeness (QED) is 0.292. The Labute approximate surface area is 169 Å². The molecule has 0 bridgehead atoms. The Morgan fingerprint density at radius 2 is 1.65 bits per heavy atom. The van der Waals surface area contributed by atoms with E-state index in [1.807, 2.05) is 60.7 Å². The predicted octanol–water partition coefficient (Wildman–Crippen LogP) is 4.73. The number of phenolic OH excluding ortho intramolecular Hbond substituents is 1. The van der Waals surface area contributed by atoms with Gasteiger partial charge in [0.05, 0.1) is 6.54 Å². The van der Waals surface area contributed by atoms with Crippen LogP contribution < -0.4 is 15.8 Å². The van der Waals surface area contributed by atoms with E-state index in [9.17, 15) is 5.11 Å². The van der Waals surface area contributed by atoms with Gasteiger partial charge in [0.2, 0.25) is 0 Å². The number of halogens is 1. The molecule has 3 aromatic carbocycles. The number of ether oxygens (including phenoxy) is 1. The zero-order chi connectivity index (χ0) is 17.5. The largest absolute Gasteiger partial charge is 0.508 e. The monoisotopic (exact) mass is 461 g/mol. The Morgan fingerprint density at radius 1 is 0.923 bits per heavy atom. The summed E-state index contributed by atoms with van der Waals surface area (Å²) in [5, 5.41) is 12.5. The summed E-state index contributed by atoms with van der Waals surface area (Å²) in [6.07, 6.45) is 0. The molecule has 0 unspecified atom stereocenters. The van der Waals surface area contributed by atoms with Crippen LogP contribution in [0.3, 0.4) is 0 Å². The van der Waals surface area contributed by atoms with Gasteiger partial charge in [0, 0.05) is 11.8 Å². The summed E-state index contributed by atoms with van der Waals surface area (Å²) in [6, 6.07) is 24.0. The highest BCUT2D eigenvalue weighted by Gasteiger charge is 2.01. The lowest BCUT2D eigenvalue weighted by atomic mass is 10.2. The normalized spacial score (nSPS) is 10.7. The molecule has 26 heavy (non-hydrogen) atoms. The number of nitrogens with one attached hydrogen (secondary N) is 1. The smallest absolute Gasteiger partial charge is 0.193 e. The fourth-order valence-corrected chi connectivity index (χ4v) is 2.28. The molecule has 6 heteroatoms. The third-order valence-corrected chi connectivity index (χ3v) is 3.43. The molecule has 134 valence electrons. The van der Waals surface area contributed by atoms with Crippen LogP contribution in [0, 0.1) is 0 Å². The molecule has 0 aliphatic heterocycles. The molecular weight excluding hydrogens is 441 g/mol. The summed E-state index contributed by atoms with van der Waals surface area (Å²) >= 11 is 0. The lowest BCUT2D eigenvalue weighted by Gasteiger charge is -2.09. The van der Waals surface area contributed by atoms with Crippen molar-refractivity contribution in [1.29, 1.82) is 0 Å². The molecule has 0 fully saturated rings. The minimum absolute atomic E-state index is 0. The Bertz CT molecular complexity index is 870. The van der Waals surface area contributed by atoms with E-state index >= 15 is 0 Å². The fourth-order valence-electron chi connectivity index (χ4n) is 2.28. The molecule has 3 aromatic rings. The van der Waals surface area contributed by atoms with Crippen molar-refractivity contribution in [3.05, 3.63) is 84.4 Å². The predicted molar refractivity (Wildman–Crippen MR) is 115 cm³/mol. The van der Waals surface area contributed by atoms with Crippen molar-refractivity contribution in [2.24, 2.45) is 10.7 Å². The van der Waals surface area contributed by atoms with Crippen LogP contribution in [-0.2, 0) is 6.54 Å². The van der Waals surface area contributed by atoms with E-state index in [0.29, 0.717) is 18.3 Å². The van der Waals surface area contributed by atoms with Crippen LogP contribution in [0.25, 0.3) is 0 Å². The van der Waals surface area contributed by atoms with E-state index in [0.717, 1.165) is 17.0 Å². The Morgan fingerprint density at radius 3 is 2.42 bits per heavy atom. The molecule has 0 amide bonds. The standard InChI is InChI=1S/C20H19N3O2.HI/c21-20(22-14-15-6-4-8-17(24)12-15)23-16-7-5-11-19(13-16)25-18-9-2-1-3-10-18;/h1-13,24H,14H2,(H3,21,22,23);1H. The molecule has 0 saturated carbocycles. The van der Waals surface area contributed by atoms with Gasteiger partial charge in [0.25, 0.3) is 0 Å². The molecular formula is C20H20IN3O2. The van der Waals surface area contributed by atoms with E-state index in [1.54, 1.807) is 18.2 Å². The first kappa shape index (κ1) is 19.6. The molecule has 0 heterocycles. The maximum atomic E-state index is 9.46. The summed E-state index contributed by atoms with van der Waals surface area (Å²) in [5.74, 6) is 1.98. The minimum atomic E-state index is 0. The van der Waals surface area contributed by atoms with Crippen molar-refractivity contribution in [3.8, 4) is 17.2 Å². The van der Waals surface area contributed by atoms with Gasteiger partial charge in [-0.05, 0) is 42.0 Å². The number of rotatable bonds is 5. The molecule has 0 aromatic heterocycles. The van der Waals surface area contributed by atoms with Crippen LogP contribution >= 0.6 is 24.0 Å².